The molecule has 0 aliphatic heterocycles. The lowest BCUT2D eigenvalue weighted by Crippen LogP contribution is -2.24. The quantitative estimate of drug-likeness (QED) is 0.497. The monoisotopic (exact) mass is 227 g/mol. The van der Waals surface area contributed by atoms with Crippen LogP contribution in [0.25, 0.3) is 16.6 Å². The Hall–Kier alpha value is -2.56. The molecular formula is C12H9N3O2. The Morgan fingerprint density at radius 1 is 1.18 bits per heavy atom. The fraction of sp³-hybridized carbons (Fsp3) is 0. The number of nitrogens with one attached hydrogen (secondary N) is 1. The number of H-pyrrole nitrogens is 1. The molecule has 0 aliphatic rings. The first-order chi connectivity index (χ1) is 8.25. The summed E-state index contributed by atoms with van der Waals surface area (Å²) in [6, 6.07) is 11.1. The molecule has 0 spiro atoms. The Morgan fingerprint density at radius 3 is 2.71 bits per heavy atom. The molecule has 3 aromatic rings. The summed E-state index contributed by atoms with van der Waals surface area (Å²) in [5.74, 6) is 0. The molecule has 3 rings (SSSR count). The van der Waals surface area contributed by atoms with Crippen LogP contribution in [-0.4, -0.2) is 9.78 Å². The number of hydrogen-bond donors (Lipinski definition) is 1. The maximum atomic E-state index is 11.7. The Bertz CT molecular complexity index is 728. The van der Waals surface area contributed by atoms with Gasteiger partial charge in [0.2, 0.25) is 0 Å². The van der Waals surface area contributed by atoms with Crippen molar-refractivity contribution in [3.05, 3.63) is 64.4 Å². The molecular weight excluding hydrogens is 218 g/mol. The van der Waals surface area contributed by atoms with Gasteiger partial charge in [0.15, 0.2) is 12.4 Å². The third kappa shape index (κ3) is 1.48. The van der Waals surface area contributed by atoms with E-state index in [1.54, 1.807) is 10.7 Å². The van der Waals surface area contributed by atoms with E-state index in [-0.39, 0.29) is 5.56 Å². The maximum Gasteiger partial charge on any atom is 0.278 e. The molecule has 0 amide bonds. The Labute approximate surface area is 96.1 Å². The third-order valence-corrected chi connectivity index (χ3v) is 2.62. The van der Waals surface area contributed by atoms with Crippen LogP contribution < -0.4 is 10.3 Å². The van der Waals surface area contributed by atoms with Gasteiger partial charge in [-0.1, -0.05) is 18.2 Å². The standard InChI is InChI=1S/C12H9N3O2/c16-12-10-8-14(17)7-6-11(10)15(13-12)9-4-2-1-3-5-9/h1-8H,(H,13,16). The number of aromatic amines is 1. The van der Waals surface area contributed by atoms with Crippen LogP contribution in [0.2, 0.25) is 0 Å². The van der Waals surface area contributed by atoms with E-state index in [1.165, 1.54) is 12.4 Å². The molecule has 2 aromatic heterocycles. The summed E-state index contributed by atoms with van der Waals surface area (Å²) in [4.78, 5) is 11.7. The topological polar surface area (TPSA) is 64.7 Å². The first-order valence-electron chi connectivity index (χ1n) is 5.15. The van der Waals surface area contributed by atoms with E-state index >= 15 is 0 Å². The van der Waals surface area contributed by atoms with Gasteiger partial charge in [-0.05, 0) is 12.1 Å². The summed E-state index contributed by atoms with van der Waals surface area (Å²) in [6.45, 7) is 0. The van der Waals surface area contributed by atoms with E-state index in [0.29, 0.717) is 15.6 Å². The first-order valence-corrected chi connectivity index (χ1v) is 5.15. The van der Waals surface area contributed by atoms with Gasteiger partial charge in [0.25, 0.3) is 5.56 Å². The largest absolute Gasteiger partial charge is 0.619 e. The lowest BCUT2D eigenvalue weighted by Gasteiger charge is -2.03. The Morgan fingerprint density at radius 2 is 1.94 bits per heavy atom. The summed E-state index contributed by atoms with van der Waals surface area (Å²) < 4.78 is 2.28. The highest BCUT2D eigenvalue weighted by Crippen LogP contribution is 2.12. The van der Waals surface area contributed by atoms with Gasteiger partial charge >= 0.3 is 0 Å². The van der Waals surface area contributed by atoms with Crippen LogP contribution in [0.5, 0.6) is 0 Å². The molecule has 0 aliphatic carbocycles. The highest BCUT2D eigenvalue weighted by molar-refractivity contribution is 5.78. The minimum absolute atomic E-state index is 0.269. The molecule has 0 atom stereocenters. The molecule has 0 radical (unpaired) electrons. The van der Waals surface area contributed by atoms with Gasteiger partial charge in [0.1, 0.15) is 5.39 Å². The highest BCUT2D eigenvalue weighted by atomic mass is 16.5. The molecule has 84 valence electrons. The normalized spacial score (nSPS) is 10.8. The van der Waals surface area contributed by atoms with Crippen molar-refractivity contribution < 1.29 is 4.73 Å². The zero-order chi connectivity index (χ0) is 11.8. The smallest absolute Gasteiger partial charge is 0.278 e. The van der Waals surface area contributed by atoms with Gasteiger partial charge in [-0.2, -0.15) is 4.73 Å². The van der Waals surface area contributed by atoms with Crippen molar-refractivity contribution in [1.29, 1.82) is 0 Å². The van der Waals surface area contributed by atoms with E-state index in [2.05, 4.69) is 5.10 Å². The second-order valence-corrected chi connectivity index (χ2v) is 3.72. The summed E-state index contributed by atoms with van der Waals surface area (Å²) in [5.41, 5.74) is 1.27. The second kappa shape index (κ2) is 3.48. The zero-order valence-electron chi connectivity index (χ0n) is 8.83. The van der Waals surface area contributed by atoms with Gasteiger partial charge in [-0.15, -0.1) is 0 Å². The molecule has 1 N–H and O–H groups in total. The molecule has 0 fully saturated rings. The molecule has 2 heterocycles. The minimum Gasteiger partial charge on any atom is -0.619 e. The van der Waals surface area contributed by atoms with Crippen LogP contribution >= 0.6 is 0 Å². The fourth-order valence-corrected chi connectivity index (χ4v) is 1.84. The predicted molar refractivity (Wildman–Crippen MR) is 62.9 cm³/mol. The summed E-state index contributed by atoms with van der Waals surface area (Å²) in [7, 11) is 0. The minimum atomic E-state index is -0.269. The number of benzene rings is 1. The van der Waals surface area contributed by atoms with Crippen LogP contribution in [0.3, 0.4) is 0 Å². The van der Waals surface area contributed by atoms with Crippen molar-refractivity contribution >= 4 is 10.9 Å². The zero-order valence-corrected chi connectivity index (χ0v) is 8.83. The Balaban J connectivity index is 2.36. The molecule has 0 saturated carbocycles. The van der Waals surface area contributed by atoms with Gasteiger partial charge < -0.3 is 5.21 Å². The number of rotatable bonds is 1. The van der Waals surface area contributed by atoms with Gasteiger partial charge in [0, 0.05) is 6.07 Å². The van der Waals surface area contributed by atoms with Crippen LogP contribution in [0.4, 0.5) is 0 Å². The van der Waals surface area contributed by atoms with E-state index in [4.69, 9.17) is 0 Å². The van der Waals surface area contributed by atoms with Crippen molar-refractivity contribution in [3.8, 4) is 5.69 Å². The Kier molecular flexibility index (Phi) is 1.98. The molecule has 0 unspecified atom stereocenters. The van der Waals surface area contributed by atoms with Crippen LogP contribution in [0.15, 0.2) is 53.6 Å². The number of fused-ring (bicyclic) bond motifs is 1. The molecule has 5 heteroatoms. The van der Waals surface area contributed by atoms with Crippen LogP contribution in [-0.2, 0) is 0 Å². The predicted octanol–water partition coefficient (Wildman–Crippen LogP) is 0.952. The van der Waals surface area contributed by atoms with Crippen molar-refractivity contribution in [2.75, 3.05) is 0 Å². The van der Waals surface area contributed by atoms with Gasteiger partial charge in [-0.3, -0.25) is 14.6 Å². The molecule has 0 bridgehead atoms. The van der Waals surface area contributed by atoms with E-state index in [0.717, 1.165) is 5.69 Å². The number of pyridine rings is 1. The van der Waals surface area contributed by atoms with Crippen molar-refractivity contribution in [2.24, 2.45) is 0 Å². The number of nitrogens with zero attached hydrogens (tertiary/aromatic N) is 2. The molecule has 1 aromatic carbocycles. The van der Waals surface area contributed by atoms with Crippen LogP contribution in [0, 0.1) is 5.21 Å². The van der Waals surface area contributed by atoms with Crippen molar-refractivity contribution in [1.82, 2.24) is 9.78 Å². The SMILES string of the molecule is O=c1[nH]n(-c2ccccc2)c2cc[n+]([O-])cc12. The lowest BCUT2D eigenvalue weighted by molar-refractivity contribution is -0.603. The third-order valence-electron chi connectivity index (χ3n) is 2.62. The van der Waals surface area contributed by atoms with Gasteiger partial charge in [0.05, 0.1) is 11.2 Å². The van der Waals surface area contributed by atoms with Gasteiger partial charge in [-0.25, -0.2) is 0 Å². The average molecular weight is 227 g/mol. The van der Waals surface area contributed by atoms with Crippen LogP contribution in [0.1, 0.15) is 0 Å². The van der Waals surface area contributed by atoms with Crippen molar-refractivity contribution in [3.63, 3.8) is 0 Å². The fourth-order valence-electron chi connectivity index (χ4n) is 1.84. The highest BCUT2D eigenvalue weighted by Gasteiger charge is 2.10. The number of para-hydroxylation sites is 1. The summed E-state index contributed by atoms with van der Waals surface area (Å²) >= 11 is 0. The van der Waals surface area contributed by atoms with Crippen molar-refractivity contribution in [2.45, 2.75) is 0 Å². The first kappa shape index (κ1) is 9.65. The lowest BCUT2D eigenvalue weighted by atomic mass is 10.3. The number of aromatic nitrogens is 3. The van der Waals surface area contributed by atoms with E-state index in [1.807, 2.05) is 30.3 Å². The molecule has 0 saturated heterocycles. The average Bonchev–Trinajstić information content (AvgIpc) is 2.68. The second-order valence-electron chi connectivity index (χ2n) is 3.72. The maximum absolute atomic E-state index is 11.7. The summed E-state index contributed by atoms with van der Waals surface area (Å²) in [6.07, 6.45) is 2.64. The number of hydrogen-bond acceptors (Lipinski definition) is 2. The van der Waals surface area contributed by atoms with E-state index < -0.39 is 0 Å². The van der Waals surface area contributed by atoms with E-state index in [9.17, 15) is 10.0 Å². The molecule has 17 heavy (non-hydrogen) atoms. The molecule has 5 nitrogen and oxygen atoms in total. The summed E-state index contributed by atoms with van der Waals surface area (Å²) in [5, 5.41) is 14.2.